The standard InChI is InChI=1S/C26H26N2O5/c1-14(2)23(28-24(30)21-16-10-11-17(12-16)22(21)25(28)31)26(32)33-13-20(29)27-19-9-5-7-15-6-3-4-8-18(15)19/h3-11,14,16-17,21-23H,12-13H2,1-2H3,(H,27,29)/t16-,17-,21-,22+,23+/m0/s1. The Morgan fingerprint density at radius 3 is 2.30 bits per heavy atom. The van der Waals surface area contributed by atoms with Crippen LogP contribution in [0.1, 0.15) is 20.3 Å². The number of fused-ring (bicyclic) bond motifs is 6. The molecule has 1 saturated heterocycles. The predicted molar refractivity (Wildman–Crippen MR) is 122 cm³/mol. The van der Waals surface area contributed by atoms with E-state index in [4.69, 9.17) is 4.74 Å². The smallest absolute Gasteiger partial charge is 0.330 e. The van der Waals surface area contributed by atoms with Crippen molar-refractivity contribution in [3.05, 3.63) is 54.6 Å². The van der Waals surface area contributed by atoms with Crippen molar-refractivity contribution in [3.63, 3.8) is 0 Å². The molecule has 2 fully saturated rings. The van der Waals surface area contributed by atoms with Gasteiger partial charge in [-0.25, -0.2) is 4.79 Å². The number of anilines is 1. The molecular weight excluding hydrogens is 420 g/mol. The van der Waals surface area contributed by atoms with Crippen LogP contribution in [-0.4, -0.2) is 41.2 Å². The lowest BCUT2D eigenvalue weighted by Gasteiger charge is -2.28. The first-order valence-electron chi connectivity index (χ1n) is 11.4. The minimum Gasteiger partial charge on any atom is -0.454 e. The van der Waals surface area contributed by atoms with Crippen molar-refractivity contribution >= 4 is 40.2 Å². The summed E-state index contributed by atoms with van der Waals surface area (Å²) in [6.07, 6.45) is 4.85. The SMILES string of the molecule is CC(C)[C@H](C(=O)OCC(=O)Nc1cccc2ccccc12)N1C(=O)[C@@H]2[C@H](C1=O)[C@H]1C=C[C@H]2C1. The van der Waals surface area contributed by atoms with Crippen LogP contribution in [0.25, 0.3) is 10.8 Å². The van der Waals surface area contributed by atoms with Crippen molar-refractivity contribution in [3.8, 4) is 0 Å². The fourth-order valence-electron chi connectivity index (χ4n) is 5.62. The van der Waals surface area contributed by atoms with Crippen LogP contribution in [0.4, 0.5) is 5.69 Å². The molecule has 0 unspecified atom stereocenters. The number of imide groups is 1. The highest BCUT2D eigenvalue weighted by molar-refractivity contribution is 6.09. The van der Waals surface area contributed by atoms with Gasteiger partial charge in [-0.15, -0.1) is 0 Å². The fourth-order valence-corrected chi connectivity index (χ4v) is 5.62. The number of likely N-dealkylation sites (tertiary alicyclic amines) is 1. The van der Waals surface area contributed by atoms with E-state index in [0.29, 0.717) is 5.69 Å². The zero-order chi connectivity index (χ0) is 23.3. The molecule has 0 spiro atoms. The molecule has 3 aliphatic rings. The van der Waals surface area contributed by atoms with Crippen molar-refractivity contribution in [2.45, 2.75) is 26.3 Å². The van der Waals surface area contributed by atoms with E-state index in [1.54, 1.807) is 19.9 Å². The third-order valence-corrected chi connectivity index (χ3v) is 7.06. The fraction of sp³-hybridized carbons (Fsp3) is 0.385. The highest BCUT2D eigenvalue weighted by Gasteiger charge is 2.61. The molecule has 0 aromatic heterocycles. The summed E-state index contributed by atoms with van der Waals surface area (Å²) in [7, 11) is 0. The number of hydrogen-bond acceptors (Lipinski definition) is 5. The molecule has 170 valence electrons. The molecule has 7 nitrogen and oxygen atoms in total. The van der Waals surface area contributed by atoms with Crippen LogP contribution in [-0.2, 0) is 23.9 Å². The van der Waals surface area contributed by atoms with Crippen LogP contribution >= 0.6 is 0 Å². The van der Waals surface area contributed by atoms with Crippen molar-refractivity contribution in [2.24, 2.45) is 29.6 Å². The van der Waals surface area contributed by atoms with Gasteiger partial charge in [-0.3, -0.25) is 19.3 Å². The average Bonchev–Trinajstić information content (AvgIpc) is 3.48. The maximum atomic E-state index is 13.1. The Labute approximate surface area is 191 Å². The van der Waals surface area contributed by atoms with E-state index in [9.17, 15) is 19.2 Å². The van der Waals surface area contributed by atoms with Crippen LogP contribution in [0.2, 0.25) is 0 Å². The summed E-state index contributed by atoms with van der Waals surface area (Å²) in [4.78, 5) is 52.8. The Balaban J connectivity index is 1.27. The summed E-state index contributed by atoms with van der Waals surface area (Å²) < 4.78 is 5.30. The Kier molecular flexibility index (Phi) is 5.27. The number of carbonyl (C=O) groups excluding carboxylic acids is 4. The van der Waals surface area contributed by atoms with E-state index in [2.05, 4.69) is 5.32 Å². The number of ether oxygens (including phenoxy) is 1. The topological polar surface area (TPSA) is 92.8 Å². The molecule has 1 heterocycles. The molecule has 5 atom stereocenters. The van der Waals surface area contributed by atoms with Crippen molar-refractivity contribution < 1.29 is 23.9 Å². The molecule has 5 rings (SSSR count). The van der Waals surface area contributed by atoms with Crippen molar-refractivity contribution in [1.82, 2.24) is 4.90 Å². The maximum absolute atomic E-state index is 13.1. The van der Waals surface area contributed by atoms with Crippen LogP contribution in [0.5, 0.6) is 0 Å². The lowest BCUT2D eigenvalue weighted by molar-refractivity contribution is -0.162. The summed E-state index contributed by atoms with van der Waals surface area (Å²) in [6, 6.07) is 12.2. The second-order valence-corrected chi connectivity index (χ2v) is 9.42. The number of carbonyl (C=O) groups is 4. The van der Waals surface area contributed by atoms with Crippen molar-refractivity contribution in [1.29, 1.82) is 0 Å². The van der Waals surface area contributed by atoms with E-state index in [-0.39, 0.29) is 41.4 Å². The molecule has 33 heavy (non-hydrogen) atoms. The first-order valence-corrected chi connectivity index (χ1v) is 11.4. The number of benzene rings is 2. The maximum Gasteiger partial charge on any atom is 0.330 e. The van der Waals surface area contributed by atoms with Gasteiger partial charge in [0.25, 0.3) is 5.91 Å². The highest BCUT2D eigenvalue weighted by Crippen LogP contribution is 2.53. The number of allylic oxidation sites excluding steroid dienone is 2. The molecule has 1 aliphatic heterocycles. The second kappa shape index (κ2) is 8.14. The Morgan fingerprint density at radius 2 is 1.64 bits per heavy atom. The first-order chi connectivity index (χ1) is 15.9. The normalized spacial score (nSPS) is 26.2. The molecular formula is C26H26N2O5. The van der Waals surface area contributed by atoms with E-state index >= 15 is 0 Å². The second-order valence-electron chi connectivity index (χ2n) is 9.42. The number of amides is 3. The monoisotopic (exact) mass is 446 g/mol. The molecule has 1 saturated carbocycles. The van der Waals surface area contributed by atoms with Gasteiger partial charge in [0, 0.05) is 11.1 Å². The van der Waals surface area contributed by atoms with Gasteiger partial charge in [0.15, 0.2) is 6.61 Å². The van der Waals surface area contributed by atoms with Gasteiger partial charge < -0.3 is 10.1 Å². The Hall–Kier alpha value is -3.48. The molecule has 2 aromatic carbocycles. The van der Waals surface area contributed by atoms with Crippen LogP contribution in [0, 0.1) is 29.6 Å². The number of esters is 1. The summed E-state index contributed by atoms with van der Waals surface area (Å²) in [5.74, 6) is -2.77. The highest BCUT2D eigenvalue weighted by atomic mass is 16.5. The number of rotatable bonds is 6. The summed E-state index contributed by atoms with van der Waals surface area (Å²) >= 11 is 0. The predicted octanol–water partition coefficient (Wildman–Crippen LogP) is 3.15. The van der Waals surface area contributed by atoms with E-state index in [1.807, 2.05) is 48.6 Å². The summed E-state index contributed by atoms with van der Waals surface area (Å²) in [5, 5.41) is 4.63. The Bertz CT molecular complexity index is 1150. The van der Waals surface area contributed by atoms with Gasteiger partial charge in [-0.1, -0.05) is 62.4 Å². The average molecular weight is 447 g/mol. The molecule has 1 N–H and O–H groups in total. The largest absolute Gasteiger partial charge is 0.454 e. The van der Waals surface area contributed by atoms with Gasteiger partial charge in [0.2, 0.25) is 11.8 Å². The first kappa shape index (κ1) is 21.4. The third kappa shape index (κ3) is 3.52. The van der Waals surface area contributed by atoms with Crippen molar-refractivity contribution in [2.75, 3.05) is 11.9 Å². The number of hydrogen-bond donors (Lipinski definition) is 1. The van der Waals surface area contributed by atoms with Gasteiger partial charge >= 0.3 is 5.97 Å². The van der Waals surface area contributed by atoms with Crippen LogP contribution in [0.15, 0.2) is 54.6 Å². The van der Waals surface area contributed by atoms with Crippen LogP contribution < -0.4 is 5.32 Å². The van der Waals surface area contributed by atoms with E-state index in [1.165, 1.54) is 0 Å². The molecule has 2 bridgehead atoms. The van der Waals surface area contributed by atoms with Crippen LogP contribution in [0.3, 0.4) is 0 Å². The number of nitrogens with zero attached hydrogens (tertiary/aromatic N) is 1. The van der Waals surface area contributed by atoms with Gasteiger partial charge in [-0.2, -0.15) is 0 Å². The number of nitrogens with one attached hydrogen (secondary N) is 1. The molecule has 7 heteroatoms. The lowest BCUT2D eigenvalue weighted by Crippen LogP contribution is -2.50. The van der Waals surface area contributed by atoms with Gasteiger partial charge in [0.05, 0.1) is 11.8 Å². The third-order valence-electron chi connectivity index (χ3n) is 7.06. The zero-order valence-electron chi connectivity index (χ0n) is 18.6. The minimum atomic E-state index is -1.04. The molecule has 2 aliphatic carbocycles. The summed E-state index contributed by atoms with van der Waals surface area (Å²) in [5.41, 5.74) is 0.621. The quantitative estimate of drug-likeness (QED) is 0.418. The van der Waals surface area contributed by atoms with Gasteiger partial charge in [-0.05, 0) is 35.6 Å². The molecule has 0 radical (unpaired) electrons. The molecule has 2 aromatic rings. The zero-order valence-corrected chi connectivity index (χ0v) is 18.6. The van der Waals surface area contributed by atoms with E-state index in [0.717, 1.165) is 22.1 Å². The summed E-state index contributed by atoms with van der Waals surface area (Å²) in [6.45, 7) is 3.04. The van der Waals surface area contributed by atoms with E-state index < -0.39 is 24.5 Å². The van der Waals surface area contributed by atoms with Gasteiger partial charge in [0.1, 0.15) is 6.04 Å². The Morgan fingerprint density at radius 1 is 1.00 bits per heavy atom. The molecule has 3 amide bonds. The minimum absolute atomic E-state index is 0.0664. The lowest BCUT2D eigenvalue weighted by atomic mass is 9.85.